The van der Waals surface area contributed by atoms with Crippen molar-refractivity contribution in [2.24, 2.45) is 0 Å². The van der Waals surface area contributed by atoms with Crippen molar-refractivity contribution in [2.75, 3.05) is 13.6 Å². The summed E-state index contributed by atoms with van der Waals surface area (Å²) in [5.41, 5.74) is 0.970. The Bertz CT molecular complexity index is 450. The van der Waals surface area contributed by atoms with Crippen molar-refractivity contribution in [2.45, 2.75) is 12.8 Å². The van der Waals surface area contributed by atoms with Crippen LogP contribution in [0, 0.1) is 0 Å². The van der Waals surface area contributed by atoms with Gasteiger partial charge in [-0.25, -0.2) is 0 Å². The number of hydrogen-bond donors (Lipinski definition) is 1. The normalized spacial score (nSPS) is 11.1. The van der Waals surface area contributed by atoms with Crippen molar-refractivity contribution in [3.05, 3.63) is 34.5 Å². The topological polar surface area (TPSA) is 25.2 Å². The van der Waals surface area contributed by atoms with E-state index in [1.54, 1.807) is 0 Å². The van der Waals surface area contributed by atoms with E-state index >= 15 is 0 Å². The monoisotopic (exact) mass is 267 g/mol. The number of nitrogens with one attached hydrogen (secondary N) is 1. The van der Waals surface area contributed by atoms with Crippen LogP contribution in [0.1, 0.15) is 12.2 Å². The predicted octanol–water partition coefficient (Wildman–Crippen LogP) is 3.35. The molecule has 0 aliphatic carbocycles. The largest absolute Gasteiger partial charge is 0.461 e. The third kappa shape index (κ3) is 2.61. The van der Waals surface area contributed by atoms with Crippen LogP contribution in [0.5, 0.6) is 0 Å². The van der Waals surface area contributed by atoms with Crippen LogP contribution >= 0.6 is 15.9 Å². The van der Waals surface area contributed by atoms with Crippen molar-refractivity contribution in [3.8, 4) is 0 Å². The fourth-order valence-electron chi connectivity index (χ4n) is 1.63. The fourth-order valence-corrected chi connectivity index (χ4v) is 2.01. The molecule has 0 bridgehead atoms. The molecule has 0 spiro atoms. The Balaban J connectivity index is 2.16. The average Bonchev–Trinajstić information content (AvgIpc) is 2.60. The summed E-state index contributed by atoms with van der Waals surface area (Å²) in [5, 5.41) is 4.30. The number of aryl methyl sites for hydroxylation is 1. The van der Waals surface area contributed by atoms with E-state index in [-0.39, 0.29) is 0 Å². The summed E-state index contributed by atoms with van der Waals surface area (Å²) in [4.78, 5) is 0. The van der Waals surface area contributed by atoms with Gasteiger partial charge in [0.15, 0.2) is 0 Å². The summed E-state index contributed by atoms with van der Waals surface area (Å²) in [6, 6.07) is 8.21. The third-order valence-corrected chi connectivity index (χ3v) is 2.87. The van der Waals surface area contributed by atoms with Gasteiger partial charge in [-0.1, -0.05) is 15.9 Å². The molecule has 1 N–H and O–H groups in total. The SMILES string of the molecule is CNCCCc1cc2cc(Br)ccc2o1. The van der Waals surface area contributed by atoms with Crippen molar-refractivity contribution >= 4 is 26.9 Å². The lowest BCUT2D eigenvalue weighted by molar-refractivity contribution is 0.534. The van der Waals surface area contributed by atoms with Gasteiger partial charge in [0.2, 0.25) is 0 Å². The molecule has 0 unspecified atom stereocenters. The fraction of sp³-hybridized carbons (Fsp3) is 0.333. The highest BCUT2D eigenvalue weighted by Crippen LogP contribution is 2.23. The highest BCUT2D eigenvalue weighted by Gasteiger charge is 2.03. The lowest BCUT2D eigenvalue weighted by Crippen LogP contribution is -2.07. The van der Waals surface area contributed by atoms with Crippen LogP contribution in [0.3, 0.4) is 0 Å². The highest BCUT2D eigenvalue weighted by molar-refractivity contribution is 9.10. The van der Waals surface area contributed by atoms with Gasteiger partial charge in [0.05, 0.1) is 0 Å². The van der Waals surface area contributed by atoms with Crippen LogP contribution in [-0.4, -0.2) is 13.6 Å². The minimum atomic E-state index is 0.970. The van der Waals surface area contributed by atoms with Gasteiger partial charge in [-0.3, -0.25) is 0 Å². The zero-order valence-electron chi connectivity index (χ0n) is 8.72. The summed E-state index contributed by atoms with van der Waals surface area (Å²) in [7, 11) is 1.97. The van der Waals surface area contributed by atoms with Crippen molar-refractivity contribution in [1.82, 2.24) is 5.32 Å². The van der Waals surface area contributed by atoms with Gasteiger partial charge in [-0.05, 0) is 44.3 Å². The van der Waals surface area contributed by atoms with E-state index in [2.05, 4.69) is 33.4 Å². The van der Waals surface area contributed by atoms with Crippen LogP contribution in [0.25, 0.3) is 11.0 Å². The van der Waals surface area contributed by atoms with Gasteiger partial charge >= 0.3 is 0 Å². The minimum Gasteiger partial charge on any atom is -0.461 e. The molecule has 1 aromatic heterocycles. The second-order valence-corrected chi connectivity index (χ2v) is 4.52. The Morgan fingerprint density at radius 3 is 3.00 bits per heavy atom. The first kappa shape index (κ1) is 10.7. The second-order valence-electron chi connectivity index (χ2n) is 3.60. The zero-order valence-corrected chi connectivity index (χ0v) is 10.3. The van der Waals surface area contributed by atoms with E-state index in [1.165, 1.54) is 5.39 Å². The van der Waals surface area contributed by atoms with Crippen LogP contribution < -0.4 is 5.32 Å². The van der Waals surface area contributed by atoms with Gasteiger partial charge in [-0.2, -0.15) is 0 Å². The molecule has 2 rings (SSSR count). The van der Waals surface area contributed by atoms with E-state index < -0.39 is 0 Å². The molecule has 0 atom stereocenters. The summed E-state index contributed by atoms with van der Waals surface area (Å²) >= 11 is 3.45. The second kappa shape index (κ2) is 4.81. The molecule has 15 heavy (non-hydrogen) atoms. The molecule has 0 saturated heterocycles. The van der Waals surface area contributed by atoms with Crippen molar-refractivity contribution in [3.63, 3.8) is 0 Å². The maximum Gasteiger partial charge on any atom is 0.134 e. The van der Waals surface area contributed by atoms with E-state index in [9.17, 15) is 0 Å². The molecule has 2 nitrogen and oxygen atoms in total. The van der Waals surface area contributed by atoms with Crippen LogP contribution in [0.2, 0.25) is 0 Å². The summed E-state index contributed by atoms with van der Waals surface area (Å²) in [6.45, 7) is 1.03. The zero-order chi connectivity index (χ0) is 10.7. The summed E-state index contributed by atoms with van der Waals surface area (Å²) in [5.74, 6) is 1.07. The molecular formula is C12H14BrNO. The van der Waals surface area contributed by atoms with E-state index in [0.29, 0.717) is 0 Å². The molecule has 0 saturated carbocycles. The standard InChI is InChI=1S/C12H14BrNO/c1-14-6-2-3-11-8-9-7-10(13)4-5-12(9)15-11/h4-5,7-8,14H,2-3,6H2,1H3. The Labute approximate surface area is 97.8 Å². The Morgan fingerprint density at radius 2 is 2.20 bits per heavy atom. The molecule has 0 aliphatic rings. The first-order valence-corrected chi connectivity index (χ1v) is 5.91. The molecule has 0 fully saturated rings. The quantitative estimate of drug-likeness (QED) is 0.860. The summed E-state index contributed by atoms with van der Waals surface area (Å²) < 4.78 is 6.82. The van der Waals surface area contributed by atoms with E-state index in [0.717, 1.165) is 35.2 Å². The highest BCUT2D eigenvalue weighted by atomic mass is 79.9. The molecule has 80 valence electrons. The minimum absolute atomic E-state index is 0.970. The number of benzene rings is 1. The van der Waals surface area contributed by atoms with E-state index in [4.69, 9.17) is 4.42 Å². The van der Waals surface area contributed by atoms with Gasteiger partial charge in [0.1, 0.15) is 11.3 Å². The molecule has 2 aromatic rings. The lowest BCUT2D eigenvalue weighted by Gasteiger charge is -1.95. The predicted molar refractivity (Wildman–Crippen MR) is 66.2 cm³/mol. The summed E-state index contributed by atoms with van der Waals surface area (Å²) in [6.07, 6.45) is 2.10. The first-order valence-electron chi connectivity index (χ1n) is 5.12. The number of halogens is 1. The maximum absolute atomic E-state index is 5.72. The van der Waals surface area contributed by atoms with E-state index in [1.807, 2.05) is 19.2 Å². The van der Waals surface area contributed by atoms with Gasteiger partial charge in [0, 0.05) is 16.3 Å². The van der Waals surface area contributed by atoms with Gasteiger partial charge < -0.3 is 9.73 Å². The third-order valence-electron chi connectivity index (χ3n) is 2.38. The van der Waals surface area contributed by atoms with Crippen molar-refractivity contribution < 1.29 is 4.42 Å². The lowest BCUT2D eigenvalue weighted by atomic mass is 10.2. The van der Waals surface area contributed by atoms with Crippen LogP contribution in [-0.2, 0) is 6.42 Å². The Kier molecular flexibility index (Phi) is 3.44. The molecule has 3 heteroatoms. The molecular weight excluding hydrogens is 254 g/mol. The Morgan fingerprint density at radius 1 is 1.33 bits per heavy atom. The molecule has 0 radical (unpaired) electrons. The average molecular weight is 268 g/mol. The van der Waals surface area contributed by atoms with Gasteiger partial charge in [-0.15, -0.1) is 0 Å². The first-order chi connectivity index (χ1) is 7.29. The number of fused-ring (bicyclic) bond motifs is 1. The molecule has 0 aliphatic heterocycles. The number of rotatable bonds is 4. The van der Waals surface area contributed by atoms with Crippen LogP contribution in [0.4, 0.5) is 0 Å². The molecule has 1 heterocycles. The smallest absolute Gasteiger partial charge is 0.134 e. The molecule has 0 amide bonds. The van der Waals surface area contributed by atoms with Crippen molar-refractivity contribution in [1.29, 1.82) is 0 Å². The number of hydrogen-bond acceptors (Lipinski definition) is 2. The molecule has 1 aromatic carbocycles. The maximum atomic E-state index is 5.72. The Hall–Kier alpha value is -0.800. The number of furan rings is 1. The van der Waals surface area contributed by atoms with Crippen LogP contribution in [0.15, 0.2) is 33.2 Å². The van der Waals surface area contributed by atoms with Gasteiger partial charge in [0.25, 0.3) is 0 Å².